The summed E-state index contributed by atoms with van der Waals surface area (Å²) < 4.78 is 31.9. The Bertz CT molecular complexity index is 1140. The van der Waals surface area contributed by atoms with E-state index in [2.05, 4.69) is 10.6 Å². The highest BCUT2D eigenvalue weighted by atomic mass is 32.2. The van der Waals surface area contributed by atoms with Crippen LogP contribution in [0.1, 0.15) is 11.1 Å². The summed E-state index contributed by atoms with van der Waals surface area (Å²) in [6.45, 7) is 3.75. The molecule has 3 aromatic rings. The molecule has 7 heteroatoms. The number of aryl methyl sites for hydroxylation is 2. The highest BCUT2D eigenvalue weighted by molar-refractivity contribution is 7.91. The van der Waals surface area contributed by atoms with Gasteiger partial charge in [0.2, 0.25) is 15.7 Å². The van der Waals surface area contributed by atoms with E-state index in [1.54, 1.807) is 42.5 Å². The van der Waals surface area contributed by atoms with Crippen LogP contribution in [-0.2, 0) is 14.6 Å². The molecule has 0 bridgehead atoms. The third kappa shape index (κ3) is 4.80. The van der Waals surface area contributed by atoms with Gasteiger partial charge in [-0.05, 0) is 50.2 Å². The van der Waals surface area contributed by atoms with E-state index in [1.807, 2.05) is 38.1 Å². The summed E-state index contributed by atoms with van der Waals surface area (Å²) in [6, 6.07) is 18.9. The molecule has 0 unspecified atom stereocenters. The molecule has 0 radical (unpaired) electrons. The number of amides is 1. The van der Waals surface area contributed by atoms with Crippen LogP contribution in [0.25, 0.3) is 0 Å². The molecule has 0 atom stereocenters. The quantitative estimate of drug-likeness (QED) is 0.594. The zero-order chi connectivity index (χ0) is 21.7. The Kier molecular flexibility index (Phi) is 6.42. The van der Waals surface area contributed by atoms with Crippen LogP contribution in [-0.4, -0.2) is 28.0 Å². The minimum atomic E-state index is -3.86. The summed E-state index contributed by atoms with van der Waals surface area (Å²) in [5, 5.41) is 5.72. The molecule has 156 valence electrons. The van der Waals surface area contributed by atoms with Crippen molar-refractivity contribution in [2.75, 3.05) is 24.3 Å². The molecule has 30 heavy (non-hydrogen) atoms. The molecule has 1 amide bonds. The normalized spacial score (nSPS) is 11.0. The molecule has 0 spiro atoms. The molecule has 0 aliphatic carbocycles. The summed E-state index contributed by atoms with van der Waals surface area (Å²) in [7, 11) is -2.45. The average molecular weight is 425 g/mol. The maximum Gasteiger partial charge on any atom is 0.243 e. The monoisotopic (exact) mass is 424 g/mol. The molecule has 0 aromatic heterocycles. The zero-order valence-electron chi connectivity index (χ0n) is 17.1. The lowest BCUT2D eigenvalue weighted by atomic mass is 10.2. The van der Waals surface area contributed by atoms with Crippen LogP contribution in [0.15, 0.2) is 76.5 Å². The first kappa shape index (κ1) is 21.4. The van der Waals surface area contributed by atoms with Crippen LogP contribution in [0.5, 0.6) is 5.75 Å². The summed E-state index contributed by atoms with van der Waals surface area (Å²) in [4.78, 5) is 12.5. The van der Waals surface area contributed by atoms with Crippen molar-refractivity contribution >= 4 is 27.1 Å². The zero-order valence-corrected chi connectivity index (χ0v) is 17.9. The lowest BCUT2D eigenvalue weighted by molar-refractivity contribution is -0.114. The van der Waals surface area contributed by atoms with E-state index in [-0.39, 0.29) is 28.0 Å². The molecule has 0 saturated carbocycles. The van der Waals surface area contributed by atoms with Crippen molar-refractivity contribution in [3.8, 4) is 5.75 Å². The molecule has 0 aliphatic rings. The van der Waals surface area contributed by atoms with Crippen molar-refractivity contribution in [2.45, 2.75) is 23.6 Å². The van der Waals surface area contributed by atoms with Crippen molar-refractivity contribution < 1.29 is 17.9 Å². The van der Waals surface area contributed by atoms with Crippen LogP contribution in [0.2, 0.25) is 0 Å². The molecule has 0 heterocycles. The molecule has 3 rings (SSSR count). The Labute approximate surface area is 176 Å². The minimum absolute atomic E-state index is 0.000473. The Morgan fingerprint density at radius 2 is 1.50 bits per heavy atom. The van der Waals surface area contributed by atoms with E-state index in [9.17, 15) is 13.2 Å². The number of carbonyl (C=O) groups excluding carboxylic acids is 1. The van der Waals surface area contributed by atoms with Gasteiger partial charge in [0.1, 0.15) is 10.6 Å². The van der Waals surface area contributed by atoms with Crippen LogP contribution in [0, 0.1) is 13.8 Å². The Morgan fingerprint density at radius 3 is 2.10 bits per heavy atom. The molecule has 6 nitrogen and oxygen atoms in total. The van der Waals surface area contributed by atoms with Gasteiger partial charge in [-0.25, -0.2) is 8.42 Å². The van der Waals surface area contributed by atoms with Gasteiger partial charge in [0.25, 0.3) is 0 Å². The number of rotatable bonds is 7. The van der Waals surface area contributed by atoms with Crippen LogP contribution < -0.4 is 15.4 Å². The minimum Gasteiger partial charge on any atom is -0.495 e. The summed E-state index contributed by atoms with van der Waals surface area (Å²) in [5.74, 6) is -0.0834. The topological polar surface area (TPSA) is 84.5 Å². The molecular weight excluding hydrogens is 400 g/mol. The van der Waals surface area contributed by atoms with E-state index in [0.717, 1.165) is 11.1 Å². The van der Waals surface area contributed by atoms with Crippen LogP contribution in [0.3, 0.4) is 0 Å². The van der Waals surface area contributed by atoms with E-state index < -0.39 is 9.84 Å². The van der Waals surface area contributed by atoms with Crippen molar-refractivity contribution in [1.29, 1.82) is 0 Å². The molecule has 0 aliphatic heterocycles. The number of benzene rings is 3. The van der Waals surface area contributed by atoms with Crippen molar-refractivity contribution in [3.05, 3.63) is 77.9 Å². The van der Waals surface area contributed by atoms with Crippen molar-refractivity contribution in [3.63, 3.8) is 0 Å². The number of nitrogens with one attached hydrogen (secondary N) is 2. The Morgan fingerprint density at radius 1 is 0.900 bits per heavy atom. The van der Waals surface area contributed by atoms with Gasteiger partial charge >= 0.3 is 0 Å². The van der Waals surface area contributed by atoms with E-state index in [0.29, 0.717) is 11.4 Å². The number of methoxy groups -OCH3 is 1. The van der Waals surface area contributed by atoms with Crippen molar-refractivity contribution in [1.82, 2.24) is 0 Å². The predicted octanol–water partition coefficient (Wildman–Crippen LogP) is 4.20. The molecule has 0 saturated heterocycles. The molecule has 2 N–H and O–H groups in total. The third-order valence-corrected chi connectivity index (χ3v) is 6.42. The maximum atomic E-state index is 13.3. The van der Waals surface area contributed by atoms with Gasteiger partial charge in [0, 0.05) is 5.69 Å². The number of sulfone groups is 1. The molecule has 3 aromatic carbocycles. The molecular formula is C23H24N2O4S. The number of anilines is 2. The maximum absolute atomic E-state index is 13.3. The number of hydrogen-bond donors (Lipinski definition) is 2. The van der Waals surface area contributed by atoms with Gasteiger partial charge in [-0.3, -0.25) is 4.79 Å². The third-order valence-electron chi connectivity index (χ3n) is 4.57. The van der Waals surface area contributed by atoms with Gasteiger partial charge in [0.05, 0.1) is 24.2 Å². The predicted molar refractivity (Wildman–Crippen MR) is 118 cm³/mol. The fraction of sp³-hybridized carbons (Fsp3) is 0.174. The largest absolute Gasteiger partial charge is 0.495 e. The Hall–Kier alpha value is -3.32. The smallest absolute Gasteiger partial charge is 0.243 e. The van der Waals surface area contributed by atoms with Gasteiger partial charge in [0.15, 0.2) is 0 Å². The average Bonchev–Trinajstić information content (AvgIpc) is 2.73. The SMILES string of the molecule is COc1cccc(NCC(=O)Nc2ccc(C)cc2)c1S(=O)(=O)c1ccc(C)cc1. The summed E-state index contributed by atoms with van der Waals surface area (Å²) in [5.41, 5.74) is 3.02. The highest BCUT2D eigenvalue weighted by Gasteiger charge is 2.26. The fourth-order valence-corrected chi connectivity index (χ4v) is 4.52. The van der Waals surface area contributed by atoms with E-state index in [1.165, 1.54) is 7.11 Å². The van der Waals surface area contributed by atoms with Crippen LogP contribution in [0.4, 0.5) is 11.4 Å². The second-order valence-electron chi connectivity index (χ2n) is 6.92. The number of ether oxygens (including phenoxy) is 1. The van der Waals surface area contributed by atoms with Crippen molar-refractivity contribution in [2.24, 2.45) is 0 Å². The van der Waals surface area contributed by atoms with Gasteiger partial charge in [-0.15, -0.1) is 0 Å². The van der Waals surface area contributed by atoms with E-state index >= 15 is 0 Å². The first-order valence-corrected chi connectivity index (χ1v) is 10.9. The first-order chi connectivity index (χ1) is 14.3. The standard InChI is InChI=1S/C23H24N2O4S/c1-16-7-11-18(12-8-16)25-22(26)15-24-20-5-4-6-21(29-3)23(20)30(27,28)19-13-9-17(2)10-14-19/h4-14,24H,15H2,1-3H3,(H,25,26). The second kappa shape index (κ2) is 9.00. The number of hydrogen-bond acceptors (Lipinski definition) is 5. The van der Waals surface area contributed by atoms with E-state index in [4.69, 9.17) is 4.74 Å². The second-order valence-corrected chi connectivity index (χ2v) is 8.81. The van der Waals surface area contributed by atoms with Gasteiger partial charge < -0.3 is 15.4 Å². The summed E-state index contributed by atoms with van der Waals surface area (Å²) in [6.07, 6.45) is 0. The van der Waals surface area contributed by atoms with Gasteiger partial charge in [-0.1, -0.05) is 41.5 Å². The lowest BCUT2D eigenvalue weighted by Gasteiger charge is -2.16. The molecule has 0 fully saturated rings. The highest BCUT2D eigenvalue weighted by Crippen LogP contribution is 2.35. The summed E-state index contributed by atoms with van der Waals surface area (Å²) >= 11 is 0. The number of carbonyl (C=O) groups is 1. The lowest BCUT2D eigenvalue weighted by Crippen LogP contribution is -2.22. The first-order valence-electron chi connectivity index (χ1n) is 9.40. The van der Waals surface area contributed by atoms with Crippen LogP contribution >= 0.6 is 0 Å². The fourth-order valence-electron chi connectivity index (χ4n) is 2.95. The Balaban J connectivity index is 1.86. The van der Waals surface area contributed by atoms with Gasteiger partial charge in [-0.2, -0.15) is 0 Å².